The van der Waals surface area contributed by atoms with Crippen LogP contribution in [-0.2, 0) is 6.61 Å². The van der Waals surface area contributed by atoms with Crippen LogP contribution in [0.25, 0.3) is 17.2 Å². The molecule has 0 amide bonds. The first-order valence-corrected chi connectivity index (χ1v) is 7.83. The monoisotopic (exact) mass is 348 g/mol. The maximum atomic E-state index is 14.0. The Morgan fingerprint density at radius 3 is 2.58 bits per heavy atom. The van der Waals surface area contributed by atoms with Gasteiger partial charge in [0.05, 0.1) is 11.4 Å². The molecule has 0 saturated carbocycles. The van der Waals surface area contributed by atoms with Gasteiger partial charge in [0.1, 0.15) is 23.9 Å². The average Bonchev–Trinajstić information content (AvgIpc) is 3.18. The first-order chi connectivity index (χ1) is 12.8. The molecule has 4 aromatic rings. The second kappa shape index (κ2) is 7.06. The van der Waals surface area contributed by atoms with E-state index < -0.39 is 5.82 Å². The zero-order valence-electron chi connectivity index (χ0n) is 13.5. The van der Waals surface area contributed by atoms with Crippen LogP contribution in [0.3, 0.4) is 0 Å². The van der Waals surface area contributed by atoms with Crippen molar-refractivity contribution in [3.05, 3.63) is 78.5 Å². The van der Waals surface area contributed by atoms with Crippen LogP contribution in [0.5, 0.6) is 5.75 Å². The van der Waals surface area contributed by atoms with E-state index in [1.54, 1.807) is 30.6 Å². The molecule has 26 heavy (non-hydrogen) atoms. The lowest BCUT2D eigenvalue weighted by Gasteiger charge is -2.07. The van der Waals surface area contributed by atoms with E-state index >= 15 is 0 Å². The van der Waals surface area contributed by atoms with Crippen molar-refractivity contribution in [2.24, 2.45) is 0 Å². The molecular weight excluding hydrogens is 335 g/mol. The fraction of sp³-hybridized carbons (Fsp3) is 0.0556. The highest BCUT2D eigenvalue weighted by molar-refractivity contribution is 5.47. The molecule has 128 valence electrons. The number of pyridine rings is 2. The number of tetrazole rings is 1. The topological polar surface area (TPSA) is 78.6 Å². The number of benzene rings is 1. The van der Waals surface area contributed by atoms with E-state index in [-0.39, 0.29) is 6.61 Å². The van der Waals surface area contributed by atoms with Gasteiger partial charge < -0.3 is 4.74 Å². The summed E-state index contributed by atoms with van der Waals surface area (Å²) in [5, 5.41) is 12.2. The third-order valence-corrected chi connectivity index (χ3v) is 3.51. The minimum atomic E-state index is -0.463. The van der Waals surface area contributed by atoms with Crippen LogP contribution in [0.15, 0.2) is 67.0 Å². The summed E-state index contributed by atoms with van der Waals surface area (Å²) < 4.78 is 19.6. The summed E-state index contributed by atoms with van der Waals surface area (Å²) in [6, 6.07) is 15.1. The maximum Gasteiger partial charge on any atom is 0.223 e. The third-order valence-electron chi connectivity index (χ3n) is 3.51. The van der Waals surface area contributed by atoms with E-state index in [1.165, 1.54) is 16.9 Å². The molecule has 1 aromatic carbocycles. The van der Waals surface area contributed by atoms with Gasteiger partial charge in [0.15, 0.2) is 0 Å². The Morgan fingerprint density at radius 2 is 1.81 bits per heavy atom. The van der Waals surface area contributed by atoms with Crippen LogP contribution in [0.2, 0.25) is 0 Å². The molecule has 8 heteroatoms. The van der Waals surface area contributed by atoms with Crippen LogP contribution in [0, 0.1) is 5.82 Å². The largest absolute Gasteiger partial charge is 0.487 e. The molecule has 3 heterocycles. The predicted molar refractivity (Wildman–Crippen MR) is 90.9 cm³/mol. The molecule has 0 N–H and O–H groups in total. The Hall–Kier alpha value is -3.68. The van der Waals surface area contributed by atoms with E-state index in [9.17, 15) is 4.39 Å². The Kier molecular flexibility index (Phi) is 4.29. The van der Waals surface area contributed by atoms with Gasteiger partial charge in [-0.15, -0.1) is 15.0 Å². The van der Waals surface area contributed by atoms with Gasteiger partial charge >= 0.3 is 0 Å². The summed E-state index contributed by atoms with van der Waals surface area (Å²) in [5.74, 6) is 0.239. The molecule has 3 aromatic heterocycles. The highest BCUT2D eigenvalue weighted by Gasteiger charge is 2.10. The summed E-state index contributed by atoms with van der Waals surface area (Å²) in [5.41, 5.74) is 1.73. The number of nitrogens with zero attached hydrogens (tertiary/aromatic N) is 6. The molecule has 0 aliphatic rings. The molecule has 0 spiro atoms. The molecule has 0 fully saturated rings. The normalized spacial score (nSPS) is 10.7. The van der Waals surface area contributed by atoms with Gasteiger partial charge in [0, 0.05) is 30.6 Å². The van der Waals surface area contributed by atoms with Crippen LogP contribution >= 0.6 is 0 Å². The van der Waals surface area contributed by atoms with Crippen LogP contribution in [0.4, 0.5) is 4.39 Å². The second-order valence-electron chi connectivity index (χ2n) is 5.37. The molecule has 4 rings (SSSR count). The maximum absolute atomic E-state index is 14.0. The van der Waals surface area contributed by atoms with Crippen LogP contribution < -0.4 is 4.74 Å². The van der Waals surface area contributed by atoms with Crippen molar-refractivity contribution in [2.75, 3.05) is 0 Å². The highest BCUT2D eigenvalue weighted by atomic mass is 19.1. The van der Waals surface area contributed by atoms with Crippen molar-refractivity contribution >= 4 is 0 Å². The molecule has 0 aliphatic carbocycles. The highest BCUT2D eigenvalue weighted by Crippen LogP contribution is 2.20. The second-order valence-corrected chi connectivity index (χ2v) is 5.37. The fourth-order valence-electron chi connectivity index (χ4n) is 2.31. The number of aromatic nitrogens is 6. The Labute approximate surface area is 148 Å². The van der Waals surface area contributed by atoms with Gasteiger partial charge in [-0.05, 0) is 29.5 Å². The SMILES string of the molecule is Fc1cc(OCc2ccccn2)cc(-n2nnc(-c3ccccn3)n2)c1. The summed E-state index contributed by atoms with van der Waals surface area (Å²) in [4.78, 5) is 9.58. The molecule has 7 nitrogen and oxygen atoms in total. The minimum Gasteiger partial charge on any atom is -0.487 e. The lowest BCUT2D eigenvalue weighted by molar-refractivity contribution is 0.299. The van der Waals surface area contributed by atoms with Gasteiger partial charge in [-0.2, -0.15) is 0 Å². The van der Waals surface area contributed by atoms with Gasteiger partial charge in [-0.1, -0.05) is 12.1 Å². The molecule has 0 unspecified atom stereocenters. The smallest absolute Gasteiger partial charge is 0.223 e. The number of ether oxygens (including phenoxy) is 1. The summed E-state index contributed by atoms with van der Waals surface area (Å²) in [7, 11) is 0. The van der Waals surface area contributed by atoms with E-state index in [0.717, 1.165) is 5.69 Å². The Balaban J connectivity index is 1.57. The van der Waals surface area contributed by atoms with Gasteiger partial charge in [0.2, 0.25) is 5.82 Å². The lowest BCUT2D eigenvalue weighted by atomic mass is 10.3. The quantitative estimate of drug-likeness (QED) is 0.552. The fourth-order valence-corrected chi connectivity index (χ4v) is 2.31. The van der Waals surface area contributed by atoms with Gasteiger partial charge in [0.25, 0.3) is 0 Å². The van der Waals surface area contributed by atoms with E-state index in [1.807, 2.05) is 24.3 Å². The molecule has 0 bridgehead atoms. The molecular formula is C18H13FN6O. The lowest BCUT2D eigenvalue weighted by Crippen LogP contribution is -2.02. The summed E-state index contributed by atoms with van der Waals surface area (Å²) in [6.45, 7) is 0.230. The molecule has 0 atom stereocenters. The van der Waals surface area contributed by atoms with Crippen molar-refractivity contribution in [2.45, 2.75) is 6.61 Å². The zero-order valence-corrected chi connectivity index (χ0v) is 13.5. The Morgan fingerprint density at radius 1 is 0.962 bits per heavy atom. The number of rotatable bonds is 5. The summed E-state index contributed by atoms with van der Waals surface area (Å²) in [6.07, 6.45) is 3.32. The van der Waals surface area contributed by atoms with Crippen molar-refractivity contribution in [1.29, 1.82) is 0 Å². The van der Waals surface area contributed by atoms with Crippen molar-refractivity contribution in [1.82, 2.24) is 30.2 Å². The average molecular weight is 348 g/mol. The number of hydrogen-bond donors (Lipinski definition) is 0. The third kappa shape index (κ3) is 3.54. The van der Waals surface area contributed by atoms with E-state index in [4.69, 9.17) is 4.74 Å². The van der Waals surface area contributed by atoms with Crippen molar-refractivity contribution in [3.8, 4) is 23.0 Å². The van der Waals surface area contributed by atoms with Gasteiger partial charge in [-0.3, -0.25) is 9.97 Å². The number of halogens is 1. The first kappa shape index (κ1) is 15.8. The minimum absolute atomic E-state index is 0.230. The van der Waals surface area contributed by atoms with Crippen LogP contribution in [0.1, 0.15) is 5.69 Å². The van der Waals surface area contributed by atoms with Crippen LogP contribution in [-0.4, -0.2) is 30.2 Å². The van der Waals surface area contributed by atoms with Crippen molar-refractivity contribution in [3.63, 3.8) is 0 Å². The standard InChI is InChI=1S/C18H13FN6O/c19-13-9-15(11-16(10-13)26-12-14-5-1-3-7-20-14)25-23-18(22-24-25)17-6-2-4-8-21-17/h1-11H,12H2. The number of hydrogen-bond acceptors (Lipinski definition) is 6. The molecule has 0 saturated heterocycles. The molecule has 0 radical (unpaired) electrons. The van der Waals surface area contributed by atoms with E-state index in [2.05, 4.69) is 25.4 Å². The summed E-state index contributed by atoms with van der Waals surface area (Å²) >= 11 is 0. The first-order valence-electron chi connectivity index (χ1n) is 7.83. The Bertz CT molecular complexity index is 1010. The zero-order chi connectivity index (χ0) is 17.8. The van der Waals surface area contributed by atoms with E-state index in [0.29, 0.717) is 23.0 Å². The molecule has 0 aliphatic heterocycles. The predicted octanol–water partition coefficient (Wildman–Crippen LogP) is 2.84. The van der Waals surface area contributed by atoms with Crippen molar-refractivity contribution < 1.29 is 9.13 Å². The van der Waals surface area contributed by atoms with Gasteiger partial charge in [-0.25, -0.2) is 4.39 Å².